The highest BCUT2D eigenvalue weighted by Crippen LogP contribution is 2.27. The fourth-order valence-electron chi connectivity index (χ4n) is 1.78. The molecule has 0 saturated heterocycles. The second kappa shape index (κ2) is 6.55. The molecule has 0 fully saturated rings. The lowest BCUT2D eigenvalue weighted by Gasteiger charge is -2.25. The van der Waals surface area contributed by atoms with Crippen molar-refractivity contribution < 1.29 is 0 Å². The fourth-order valence-corrected chi connectivity index (χ4v) is 2.22. The number of hydrogen-bond acceptors (Lipinski definition) is 2. The first-order valence-corrected chi connectivity index (χ1v) is 6.47. The van der Waals surface area contributed by atoms with Gasteiger partial charge in [-0.2, -0.15) is 5.26 Å². The van der Waals surface area contributed by atoms with E-state index >= 15 is 0 Å². The maximum absolute atomic E-state index is 9.18. The highest BCUT2D eigenvalue weighted by Gasteiger charge is 2.11. The second-order valence-corrected chi connectivity index (χ2v) is 4.59. The number of rotatable bonds is 5. The molecule has 1 rings (SSSR count). The smallest absolute Gasteiger partial charge is 0.103 e. The Balaban J connectivity index is 3.08. The van der Waals surface area contributed by atoms with Crippen LogP contribution in [0.4, 0.5) is 5.69 Å². The molecule has 86 valence electrons. The van der Waals surface area contributed by atoms with E-state index in [2.05, 4.69) is 40.7 Å². The number of nitrogens with zero attached hydrogens (tertiary/aromatic N) is 2. The van der Waals surface area contributed by atoms with Gasteiger partial charge in [0, 0.05) is 17.6 Å². The van der Waals surface area contributed by atoms with Crippen molar-refractivity contribution in [1.29, 1.82) is 5.26 Å². The van der Waals surface area contributed by atoms with Gasteiger partial charge in [0.2, 0.25) is 0 Å². The molecule has 0 spiro atoms. The molecule has 2 nitrogen and oxygen atoms in total. The van der Waals surface area contributed by atoms with E-state index in [9.17, 15) is 5.26 Å². The summed E-state index contributed by atoms with van der Waals surface area (Å²) < 4.78 is 0.879. The predicted molar refractivity (Wildman–Crippen MR) is 71.7 cm³/mol. The first-order chi connectivity index (χ1) is 7.74. The summed E-state index contributed by atoms with van der Waals surface area (Å²) in [7, 11) is 0. The highest BCUT2D eigenvalue weighted by molar-refractivity contribution is 9.10. The number of hydrogen-bond donors (Lipinski definition) is 0. The van der Waals surface area contributed by atoms with Crippen LogP contribution in [-0.4, -0.2) is 13.1 Å². The van der Waals surface area contributed by atoms with Crippen molar-refractivity contribution in [1.82, 2.24) is 0 Å². The van der Waals surface area contributed by atoms with Crippen LogP contribution in [0.25, 0.3) is 0 Å². The molecule has 0 aliphatic rings. The largest absolute Gasteiger partial charge is 0.370 e. The molecule has 1 aromatic rings. The normalized spacial score (nSPS) is 9.88. The lowest BCUT2D eigenvalue weighted by molar-refractivity contribution is 0.744. The van der Waals surface area contributed by atoms with Gasteiger partial charge < -0.3 is 4.90 Å². The van der Waals surface area contributed by atoms with E-state index in [0.29, 0.717) is 0 Å². The molecule has 0 aromatic heterocycles. The van der Waals surface area contributed by atoms with E-state index < -0.39 is 0 Å². The van der Waals surface area contributed by atoms with Crippen LogP contribution in [0.5, 0.6) is 0 Å². The van der Waals surface area contributed by atoms with Gasteiger partial charge in [-0.15, -0.1) is 0 Å². The summed E-state index contributed by atoms with van der Waals surface area (Å²) in [6.07, 6.45) is 2.19. The Hall–Kier alpha value is -1.01. The van der Waals surface area contributed by atoms with E-state index in [0.717, 1.165) is 41.7 Å². The number of anilines is 1. The van der Waals surface area contributed by atoms with Gasteiger partial charge in [-0.05, 0) is 40.9 Å². The summed E-state index contributed by atoms with van der Waals surface area (Å²) >= 11 is 3.43. The topological polar surface area (TPSA) is 27.0 Å². The van der Waals surface area contributed by atoms with Gasteiger partial charge in [0.25, 0.3) is 0 Å². The molecule has 0 unspecified atom stereocenters. The third kappa shape index (κ3) is 2.99. The van der Waals surface area contributed by atoms with Crippen LogP contribution >= 0.6 is 15.9 Å². The molecule has 0 N–H and O–H groups in total. The van der Waals surface area contributed by atoms with Gasteiger partial charge in [0.05, 0.1) is 11.3 Å². The van der Waals surface area contributed by atoms with Gasteiger partial charge in [0.1, 0.15) is 6.07 Å². The summed E-state index contributed by atoms with van der Waals surface area (Å²) in [4.78, 5) is 2.28. The van der Waals surface area contributed by atoms with Crippen LogP contribution in [0.15, 0.2) is 22.7 Å². The average molecular weight is 281 g/mol. The molecule has 3 heteroatoms. The van der Waals surface area contributed by atoms with Gasteiger partial charge in [-0.1, -0.05) is 19.9 Å². The number of nitriles is 1. The molecule has 0 heterocycles. The molecule has 0 saturated carbocycles. The zero-order valence-corrected chi connectivity index (χ0v) is 11.4. The average Bonchev–Trinajstić information content (AvgIpc) is 2.28. The number of benzene rings is 1. The van der Waals surface area contributed by atoms with Crippen LogP contribution in [0, 0.1) is 11.3 Å². The molecular weight excluding hydrogens is 264 g/mol. The first-order valence-electron chi connectivity index (χ1n) is 5.68. The van der Waals surface area contributed by atoms with Crippen LogP contribution in [0.3, 0.4) is 0 Å². The Kier molecular flexibility index (Phi) is 5.34. The Morgan fingerprint density at radius 2 is 1.88 bits per heavy atom. The second-order valence-electron chi connectivity index (χ2n) is 3.73. The first kappa shape index (κ1) is 13.1. The maximum Gasteiger partial charge on any atom is 0.103 e. The SMILES string of the molecule is CCCN(CCC)c1cccc(Br)c1C#N. The van der Waals surface area contributed by atoms with Gasteiger partial charge in [0.15, 0.2) is 0 Å². The van der Waals surface area contributed by atoms with Crippen molar-refractivity contribution in [3.05, 3.63) is 28.2 Å². The fraction of sp³-hybridized carbons (Fsp3) is 0.462. The summed E-state index contributed by atoms with van der Waals surface area (Å²) in [6.45, 7) is 6.32. The quantitative estimate of drug-likeness (QED) is 0.817. The summed E-state index contributed by atoms with van der Waals surface area (Å²) in [5.41, 5.74) is 1.78. The van der Waals surface area contributed by atoms with Crippen LogP contribution in [-0.2, 0) is 0 Å². The van der Waals surface area contributed by atoms with E-state index in [1.54, 1.807) is 0 Å². The van der Waals surface area contributed by atoms with E-state index in [1.165, 1.54) is 0 Å². The Morgan fingerprint density at radius 3 is 2.38 bits per heavy atom. The van der Waals surface area contributed by atoms with Crippen molar-refractivity contribution >= 4 is 21.6 Å². The van der Waals surface area contributed by atoms with Crippen molar-refractivity contribution in [3.8, 4) is 6.07 Å². The molecule has 0 aliphatic heterocycles. The van der Waals surface area contributed by atoms with E-state index in [-0.39, 0.29) is 0 Å². The van der Waals surface area contributed by atoms with Crippen LogP contribution < -0.4 is 4.90 Å². The molecule has 0 atom stereocenters. The minimum absolute atomic E-state index is 0.740. The Morgan fingerprint density at radius 1 is 1.25 bits per heavy atom. The predicted octanol–water partition coefficient (Wildman–Crippen LogP) is 3.95. The minimum atomic E-state index is 0.740. The van der Waals surface area contributed by atoms with Crippen LogP contribution in [0.2, 0.25) is 0 Å². The summed E-state index contributed by atoms with van der Waals surface area (Å²) in [5.74, 6) is 0. The zero-order chi connectivity index (χ0) is 12.0. The van der Waals surface area contributed by atoms with Crippen molar-refractivity contribution in [3.63, 3.8) is 0 Å². The molecular formula is C13H17BrN2. The minimum Gasteiger partial charge on any atom is -0.370 e. The standard InChI is InChI=1S/C13H17BrN2/c1-3-8-16(9-4-2)13-7-5-6-12(14)11(13)10-15/h5-7H,3-4,8-9H2,1-2H3. The lowest BCUT2D eigenvalue weighted by Crippen LogP contribution is -2.25. The van der Waals surface area contributed by atoms with Crippen molar-refractivity contribution in [2.45, 2.75) is 26.7 Å². The molecule has 0 amide bonds. The molecule has 16 heavy (non-hydrogen) atoms. The molecule has 0 bridgehead atoms. The zero-order valence-electron chi connectivity index (χ0n) is 9.83. The summed E-state index contributed by atoms with van der Waals surface area (Å²) in [5, 5.41) is 9.18. The molecule has 0 aliphatic carbocycles. The monoisotopic (exact) mass is 280 g/mol. The lowest BCUT2D eigenvalue weighted by atomic mass is 10.1. The number of halogens is 1. The third-order valence-electron chi connectivity index (χ3n) is 2.43. The van der Waals surface area contributed by atoms with Crippen LogP contribution in [0.1, 0.15) is 32.3 Å². The Labute approximate surface area is 106 Å². The van der Waals surface area contributed by atoms with Crippen molar-refractivity contribution in [2.75, 3.05) is 18.0 Å². The van der Waals surface area contributed by atoms with E-state index in [1.807, 2.05) is 18.2 Å². The molecule has 0 radical (unpaired) electrons. The van der Waals surface area contributed by atoms with E-state index in [4.69, 9.17) is 0 Å². The van der Waals surface area contributed by atoms with Gasteiger partial charge in [-0.25, -0.2) is 0 Å². The maximum atomic E-state index is 9.18. The third-order valence-corrected chi connectivity index (χ3v) is 3.09. The van der Waals surface area contributed by atoms with Crippen molar-refractivity contribution in [2.24, 2.45) is 0 Å². The summed E-state index contributed by atoms with van der Waals surface area (Å²) in [6, 6.07) is 8.19. The highest BCUT2D eigenvalue weighted by atomic mass is 79.9. The molecule has 1 aromatic carbocycles. The van der Waals surface area contributed by atoms with Gasteiger partial charge in [-0.3, -0.25) is 0 Å². The Bertz CT molecular complexity index is 376. The van der Waals surface area contributed by atoms with Gasteiger partial charge >= 0.3 is 0 Å².